The molecule has 0 bridgehead atoms. The Kier molecular flexibility index (Phi) is 6.21. The molecule has 0 saturated heterocycles. The zero-order chi connectivity index (χ0) is 19.1. The van der Waals surface area contributed by atoms with Gasteiger partial charge in [0.1, 0.15) is 17.2 Å². The highest BCUT2D eigenvalue weighted by molar-refractivity contribution is 6.07. The number of carbonyl (C=O) groups is 2. The molecule has 0 aliphatic rings. The fourth-order valence-corrected chi connectivity index (χ4v) is 2.34. The number of amides is 2. The van der Waals surface area contributed by atoms with Crippen molar-refractivity contribution in [1.29, 1.82) is 0 Å². The van der Waals surface area contributed by atoms with Crippen molar-refractivity contribution in [3.63, 3.8) is 0 Å². The predicted octanol–water partition coefficient (Wildman–Crippen LogP) is 2.46. The van der Waals surface area contributed by atoms with E-state index in [-0.39, 0.29) is 5.56 Å². The van der Waals surface area contributed by atoms with Gasteiger partial charge in [-0.25, -0.2) is 0 Å². The van der Waals surface area contributed by atoms with Crippen LogP contribution in [-0.2, 0) is 4.79 Å². The maximum absolute atomic E-state index is 12.2. The number of ether oxygens (including phenoxy) is 3. The minimum Gasteiger partial charge on any atom is -0.496 e. The second-order valence-corrected chi connectivity index (χ2v) is 5.18. The van der Waals surface area contributed by atoms with Gasteiger partial charge >= 0.3 is 0 Å². The number of rotatable bonds is 7. The Morgan fingerprint density at radius 2 is 1.62 bits per heavy atom. The third-order valence-corrected chi connectivity index (χ3v) is 3.60. The maximum Gasteiger partial charge on any atom is 0.250 e. The summed E-state index contributed by atoms with van der Waals surface area (Å²) in [4.78, 5) is 23.6. The number of anilines is 1. The Morgan fingerprint density at radius 1 is 1.00 bits per heavy atom. The standard InChI is InChI=1S/C19H20N2O5/c1-24-12-10-16(25-2)14(17(11-12)26-3)8-9-18(22)21-15-7-5-4-6-13(15)19(20)23/h4-11H,1-3H3,(H2,20,23)(H,21,22). The summed E-state index contributed by atoms with van der Waals surface area (Å²) in [6, 6.07) is 9.86. The zero-order valence-electron chi connectivity index (χ0n) is 14.7. The third-order valence-electron chi connectivity index (χ3n) is 3.60. The summed E-state index contributed by atoms with van der Waals surface area (Å²) >= 11 is 0. The van der Waals surface area contributed by atoms with Gasteiger partial charge in [0.2, 0.25) is 5.91 Å². The molecule has 0 aromatic heterocycles. The van der Waals surface area contributed by atoms with Crippen LogP contribution < -0.4 is 25.3 Å². The van der Waals surface area contributed by atoms with Crippen molar-refractivity contribution in [2.24, 2.45) is 5.73 Å². The molecule has 3 N–H and O–H groups in total. The summed E-state index contributed by atoms with van der Waals surface area (Å²) in [5.74, 6) is 0.489. The van der Waals surface area contributed by atoms with Crippen molar-refractivity contribution in [3.05, 3.63) is 53.6 Å². The Labute approximate surface area is 151 Å². The van der Waals surface area contributed by atoms with Crippen LogP contribution in [-0.4, -0.2) is 33.1 Å². The lowest BCUT2D eigenvalue weighted by Gasteiger charge is -2.12. The lowest BCUT2D eigenvalue weighted by Crippen LogP contribution is -2.16. The fourth-order valence-electron chi connectivity index (χ4n) is 2.34. The molecule has 2 aromatic carbocycles. The SMILES string of the molecule is COc1cc(OC)c(C=CC(=O)Nc2ccccc2C(N)=O)c(OC)c1. The van der Waals surface area contributed by atoms with E-state index in [1.54, 1.807) is 36.4 Å². The van der Waals surface area contributed by atoms with Crippen molar-refractivity contribution in [2.45, 2.75) is 0 Å². The zero-order valence-corrected chi connectivity index (χ0v) is 14.7. The van der Waals surface area contributed by atoms with Crippen molar-refractivity contribution in [1.82, 2.24) is 0 Å². The van der Waals surface area contributed by atoms with Gasteiger partial charge in [0, 0.05) is 18.2 Å². The van der Waals surface area contributed by atoms with Crippen molar-refractivity contribution >= 4 is 23.6 Å². The normalized spacial score (nSPS) is 10.4. The fraction of sp³-hybridized carbons (Fsp3) is 0.158. The van der Waals surface area contributed by atoms with E-state index in [2.05, 4.69) is 5.32 Å². The van der Waals surface area contributed by atoms with E-state index in [9.17, 15) is 9.59 Å². The first-order valence-electron chi connectivity index (χ1n) is 7.68. The van der Waals surface area contributed by atoms with Gasteiger partial charge in [0.05, 0.1) is 38.1 Å². The van der Waals surface area contributed by atoms with Crippen LogP contribution in [0.2, 0.25) is 0 Å². The highest BCUT2D eigenvalue weighted by Gasteiger charge is 2.12. The number of nitrogens with two attached hydrogens (primary N) is 1. The Hall–Kier alpha value is -3.48. The molecular formula is C19H20N2O5. The van der Waals surface area contributed by atoms with Gasteiger partial charge in [-0.3, -0.25) is 9.59 Å². The van der Waals surface area contributed by atoms with Crippen molar-refractivity contribution in [2.75, 3.05) is 26.6 Å². The van der Waals surface area contributed by atoms with Crippen LogP contribution >= 0.6 is 0 Å². The number of hydrogen-bond donors (Lipinski definition) is 2. The van der Waals surface area contributed by atoms with E-state index in [1.807, 2.05) is 0 Å². The minimum atomic E-state index is -0.622. The lowest BCUT2D eigenvalue weighted by atomic mass is 10.1. The molecule has 2 aromatic rings. The largest absolute Gasteiger partial charge is 0.496 e. The van der Waals surface area contributed by atoms with Gasteiger partial charge in [-0.2, -0.15) is 0 Å². The minimum absolute atomic E-state index is 0.230. The Morgan fingerprint density at radius 3 is 2.15 bits per heavy atom. The van der Waals surface area contributed by atoms with Gasteiger partial charge in [-0.15, -0.1) is 0 Å². The van der Waals surface area contributed by atoms with E-state index in [1.165, 1.54) is 33.5 Å². The second-order valence-electron chi connectivity index (χ2n) is 5.18. The smallest absolute Gasteiger partial charge is 0.250 e. The van der Waals surface area contributed by atoms with E-state index < -0.39 is 11.8 Å². The number of nitrogens with one attached hydrogen (secondary N) is 1. The molecule has 0 aliphatic heterocycles. The number of carbonyl (C=O) groups excluding carboxylic acids is 2. The van der Waals surface area contributed by atoms with Crippen molar-refractivity contribution in [3.8, 4) is 17.2 Å². The van der Waals surface area contributed by atoms with E-state index in [0.29, 0.717) is 28.5 Å². The van der Waals surface area contributed by atoms with E-state index in [0.717, 1.165) is 0 Å². The summed E-state index contributed by atoms with van der Waals surface area (Å²) in [5.41, 5.74) is 6.45. The number of hydrogen-bond acceptors (Lipinski definition) is 5. The van der Waals surface area contributed by atoms with Crippen LogP contribution in [0.25, 0.3) is 6.08 Å². The molecule has 0 atom stereocenters. The number of benzene rings is 2. The van der Waals surface area contributed by atoms with Crippen LogP contribution in [0, 0.1) is 0 Å². The van der Waals surface area contributed by atoms with Crippen LogP contribution in [0.1, 0.15) is 15.9 Å². The Bertz CT molecular complexity index is 821. The van der Waals surface area contributed by atoms with Gasteiger partial charge in [0.25, 0.3) is 5.91 Å². The third kappa shape index (κ3) is 4.32. The van der Waals surface area contributed by atoms with Gasteiger partial charge in [0.15, 0.2) is 0 Å². The summed E-state index contributed by atoms with van der Waals surface area (Å²) in [7, 11) is 4.55. The molecule has 7 heteroatoms. The van der Waals surface area contributed by atoms with Crippen LogP contribution in [0.15, 0.2) is 42.5 Å². The summed E-state index contributed by atoms with van der Waals surface area (Å²) in [6.07, 6.45) is 2.87. The summed E-state index contributed by atoms with van der Waals surface area (Å²) in [5, 5.41) is 2.63. The Balaban J connectivity index is 2.27. The van der Waals surface area contributed by atoms with Crippen molar-refractivity contribution < 1.29 is 23.8 Å². The van der Waals surface area contributed by atoms with Crippen LogP contribution in [0.4, 0.5) is 5.69 Å². The predicted molar refractivity (Wildman–Crippen MR) is 98.7 cm³/mol. The van der Waals surface area contributed by atoms with Gasteiger partial charge in [-0.05, 0) is 18.2 Å². The molecule has 0 fully saturated rings. The average molecular weight is 356 g/mol. The molecule has 2 amide bonds. The quantitative estimate of drug-likeness (QED) is 0.742. The number of para-hydroxylation sites is 1. The first-order chi connectivity index (χ1) is 12.5. The molecule has 2 rings (SSSR count). The van der Waals surface area contributed by atoms with Crippen LogP contribution in [0.5, 0.6) is 17.2 Å². The first-order valence-corrected chi connectivity index (χ1v) is 7.68. The molecule has 0 aliphatic carbocycles. The molecule has 7 nitrogen and oxygen atoms in total. The lowest BCUT2D eigenvalue weighted by molar-refractivity contribution is -0.111. The van der Waals surface area contributed by atoms with Gasteiger partial charge in [-0.1, -0.05) is 12.1 Å². The summed E-state index contributed by atoms with van der Waals surface area (Å²) in [6.45, 7) is 0. The molecular weight excluding hydrogens is 336 g/mol. The molecule has 0 saturated carbocycles. The number of methoxy groups -OCH3 is 3. The highest BCUT2D eigenvalue weighted by atomic mass is 16.5. The topological polar surface area (TPSA) is 99.9 Å². The highest BCUT2D eigenvalue weighted by Crippen LogP contribution is 2.35. The van der Waals surface area contributed by atoms with Crippen LogP contribution in [0.3, 0.4) is 0 Å². The first kappa shape index (κ1) is 18.9. The average Bonchev–Trinajstić information content (AvgIpc) is 2.65. The summed E-state index contributed by atoms with van der Waals surface area (Å²) < 4.78 is 15.8. The van der Waals surface area contributed by atoms with E-state index in [4.69, 9.17) is 19.9 Å². The second kappa shape index (κ2) is 8.57. The molecule has 136 valence electrons. The molecule has 0 unspecified atom stereocenters. The molecule has 0 radical (unpaired) electrons. The monoisotopic (exact) mass is 356 g/mol. The maximum atomic E-state index is 12.2. The molecule has 0 heterocycles. The molecule has 0 spiro atoms. The molecule has 26 heavy (non-hydrogen) atoms. The van der Waals surface area contributed by atoms with Gasteiger partial charge < -0.3 is 25.3 Å². The number of primary amides is 1. The van der Waals surface area contributed by atoms with E-state index >= 15 is 0 Å².